The Morgan fingerprint density at radius 1 is 0.711 bits per heavy atom. The molecule has 0 amide bonds. The summed E-state index contributed by atoms with van der Waals surface area (Å²) >= 11 is 0. The van der Waals surface area contributed by atoms with Crippen molar-refractivity contribution in [3.63, 3.8) is 0 Å². The van der Waals surface area contributed by atoms with Gasteiger partial charge in [-0.05, 0) is 47.4 Å². The maximum Gasteiger partial charge on any atom is 0.352 e. The Morgan fingerprint density at radius 2 is 1.24 bits per heavy atom. The number of aromatic carboxylic acids is 1. The number of sulfonamides is 1. The van der Waals surface area contributed by atoms with Crippen molar-refractivity contribution in [3.05, 3.63) is 138 Å². The van der Waals surface area contributed by atoms with E-state index in [-0.39, 0.29) is 23.7 Å². The molecule has 0 saturated carbocycles. The summed E-state index contributed by atoms with van der Waals surface area (Å²) in [6, 6.07) is 35.3. The van der Waals surface area contributed by atoms with E-state index in [0.29, 0.717) is 23.9 Å². The van der Waals surface area contributed by atoms with E-state index in [0.717, 1.165) is 16.7 Å². The third kappa shape index (κ3) is 5.54. The Morgan fingerprint density at radius 3 is 1.76 bits per heavy atom. The van der Waals surface area contributed by atoms with E-state index < -0.39 is 16.0 Å². The van der Waals surface area contributed by atoms with Gasteiger partial charge in [-0.25, -0.2) is 13.2 Å². The zero-order valence-corrected chi connectivity index (χ0v) is 21.6. The number of hydrogen-bond acceptors (Lipinski definition) is 3. The SMILES string of the molecule is O=C(O)c1cc2cc(S(=O)(=O)N(Cc3ccccc3)Cc3ccccc3)ccc2n1CCc1ccccc1. The predicted molar refractivity (Wildman–Crippen MR) is 148 cm³/mol. The molecule has 38 heavy (non-hydrogen) atoms. The number of carboxylic acids is 1. The van der Waals surface area contributed by atoms with E-state index in [9.17, 15) is 18.3 Å². The molecular weight excluding hydrogens is 496 g/mol. The fourth-order valence-electron chi connectivity index (χ4n) is 4.66. The first-order chi connectivity index (χ1) is 18.4. The van der Waals surface area contributed by atoms with Crippen molar-refractivity contribution < 1.29 is 18.3 Å². The van der Waals surface area contributed by atoms with E-state index in [4.69, 9.17) is 0 Å². The average Bonchev–Trinajstić information content (AvgIpc) is 3.31. The number of benzene rings is 4. The topological polar surface area (TPSA) is 79.6 Å². The van der Waals surface area contributed by atoms with Crippen molar-refractivity contribution in [2.45, 2.75) is 31.0 Å². The summed E-state index contributed by atoms with van der Waals surface area (Å²) in [5.41, 5.74) is 3.69. The summed E-state index contributed by atoms with van der Waals surface area (Å²) in [6.45, 7) is 0.901. The lowest BCUT2D eigenvalue weighted by Gasteiger charge is -2.23. The maximum atomic E-state index is 13.9. The van der Waals surface area contributed by atoms with Crippen LogP contribution in [0.3, 0.4) is 0 Å². The number of carbonyl (C=O) groups is 1. The van der Waals surface area contributed by atoms with Crippen LogP contribution < -0.4 is 0 Å². The van der Waals surface area contributed by atoms with Crippen molar-refractivity contribution in [1.29, 1.82) is 0 Å². The highest BCUT2D eigenvalue weighted by Crippen LogP contribution is 2.27. The number of nitrogens with zero attached hydrogens (tertiary/aromatic N) is 2. The van der Waals surface area contributed by atoms with Gasteiger partial charge in [-0.15, -0.1) is 0 Å². The lowest BCUT2D eigenvalue weighted by atomic mass is 10.1. The molecule has 1 aromatic heterocycles. The van der Waals surface area contributed by atoms with Crippen molar-refractivity contribution in [1.82, 2.24) is 8.87 Å². The zero-order chi connectivity index (χ0) is 26.5. The molecule has 5 rings (SSSR count). The van der Waals surface area contributed by atoms with Crippen molar-refractivity contribution >= 4 is 26.9 Å². The van der Waals surface area contributed by atoms with E-state index >= 15 is 0 Å². The first kappa shape index (κ1) is 25.4. The molecule has 0 aliphatic rings. The standard InChI is InChI=1S/C31H28N2O4S/c34-31(35)30-21-27-20-28(16-17-29(27)33(30)19-18-24-10-4-1-5-11-24)38(36,37)32(22-25-12-6-2-7-13-25)23-26-14-8-3-9-15-26/h1-17,20-21H,18-19,22-23H2,(H,34,35). The average molecular weight is 525 g/mol. The predicted octanol–water partition coefficient (Wildman–Crippen LogP) is 5.97. The van der Waals surface area contributed by atoms with Crippen molar-refractivity contribution in [2.24, 2.45) is 0 Å². The van der Waals surface area contributed by atoms with Gasteiger partial charge in [-0.3, -0.25) is 0 Å². The minimum atomic E-state index is -3.89. The fourth-order valence-corrected chi connectivity index (χ4v) is 6.11. The summed E-state index contributed by atoms with van der Waals surface area (Å²) in [4.78, 5) is 12.2. The van der Waals surface area contributed by atoms with Gasteiger partial charge in [0.05, 0.1) is 4.90 Å². The summed E-state index contributed by atoms with van der Waals surface area (Å²) in [5.74, 6) is -1.05. The van der Waals surface area contributed by atoms with E-state index in [1.165, 1.54) is 4.31 Å². The van der Waals surface area contributed by atoms with Crippen LogP contribution in [0.4, 0.5) is 0 Å². The number of fused-ring (bicyclic) bond motifs is 1. The van der Waals surface area contributed by atoms with Gasteiger partial charge < -0.3 is 9.67 Å². The molecule has 0 fully saturated rings. The minimum absolute atomic E-state index is 0.133. The minimum Gasteiger partial charge on any atom is -0.477 e. The third-order valence-electron chi connectivity index (χ3n) is 6.60. The van der Waals surface area contributed by atoms with Crippen LogP contribution >= 0.6 is 0 Å². The summed E-state index contributed by atoms with van der Waals surface area (Å²) in [5, 5.41) is 10.4. The summed E-state index contributed by atoms with van der Waals surface area (Å²) in [7, 11) is -3.89. The van der Waals surface area contributed by atoms with E-state index in [1.54, 1.807) is 28.8 Å². The third-order valence-corrected chi connectivity index (χ3v) is 8.39. The Labute approximate surface area is 222 Å². The molecule has 1 N–H and O–H groups in total. The summed E-state index contributed by atoms with van der Waals surface area (Å²) in [6.07, 6.45) is 0.660. The van der Waals surface area contributed by atoms with Gasteiger partial charge >= 0.3 is 5.97 Å². The molecule has 0 spiro atoms. The quantitative estimate of drug-likeness (QED) is 0.244. The van der Waals surface area contributed by atoms with Gasteiger partial charge in [0, 0.05) is 30.5 Å². The number of hydrogen-bond donors (Lipinski definition) is 1. The molecule has 7 heteroatoms. The molecule has 0 aliphatic carbocycles. The number of carboxylic acid groups (broad SMARTS) is 1. The molecule has 0 atom stereocenters. The smallest absolute Gasteiger partial charge is 0.352 e. The lowest BCUT2D eigenvalue weighted by Crippen LogP contribution is -2.30. The highest BCUT2D eigenvalue weighted by molar-refractivity contribution is 7.89. The van der Waals surface area contributed by atoms with E-state index in [2.05, 4.69) is 0 Å². The molecule has 6 nitrogen and oxygen atoms in total. The van der Waals surface area contributed by atoms with Crippen LogP contribution in [0.15, 0.2) is 120 Å². The fraction of sp³-hybridized carbons (Fsp3) is 0.129. The van der Waals surface area contributed by atoms with Crippen LogP contribution in [0.1, 0.15) is 27.2 Å². The summed E-state index contributed by atoms with van der Waals surface area (Å²) < 4.78 is 31.1. The van der Waals surface area contributed by atoms with Crippen molar-refractivity contribution in [3.8, 4) is 0 Å². The van der Waals surface area contributed by atoms with Crippen LogP contribution in [0, 0.1) is 0 Å². The van der Waals surface area contributed by atoms with Gasteiger partial charge in [0.2, 0.25) is 10.0 Å². The molecule has 0 saturated heterocycles. The van der Waals surface area contributed by atoms with Crippen LogP contribution in [-0.2, 0) is 36.1 Å². The molecule has 0 bridgehead atoms. The normalized spacial score (nSPS) is 11.7. The molecule has 192 valence electrons. The number of rotatable bonds is 10. The van der Waals surface area contributed by atoms with Gasteiger partial charge in [0.15, 0.2) is 0 Å². The first-order valence-electron chi connectivity index (χ1n) is 12.4. The number of aromatic nitrogens is 1. The lowest BCUT2D eigenvalue weighted by molar-refractivity contribution is 0.0685. The zero-order valence-electron chi connectivity index (χ0n) is 20.8. The van der Waals surface area contributed by atoms with Crippen LogP contribution in [0.5, 0.6) is 0 Å². The van der Waals surface area contributed by atoms with Crippen LogP contribution in [0.25, 0.3) is 10.9 Å². The molecule has 4 aromatic carbocycles. The Kier molecular flexibility index (Phi) is 7.40. The molecule has 5 aromatic rings. The maximum absolute atomic E-state index is 13.9. The highest BCUT2D eigenvalue weighted by Gasteiger charge is 2.26. The van der Waals surface area contributed by atoms with Crippen LogP contribution in [0.2, 0.25) is 0 Å². The van der Waals surface area contributed by atoms with E-state index in [1.807, 2.05) is 91.0 Å². The van der Waals surface area contributed by atoms with Gasteiger partial charge in [-0.1, -0.05) is 91.0 Å². The molecule has 0 unspecified atom stereocenters. The Bertz CT molecular complexity index is 1610. The highest BCUT2D eigenvalue weighted by atomic mass is 32.2. The van der Waals surface area contributed by atoms with Gasteiger partial charge in [-0.2, -0.15) is 4.31 Å². The molecule has 0 radical (unpaired) electrons. The monoisotopic (exact) mass is 524 g/mol. The molecular formula is C31H28N2O4S. The second-order valence-corrected chi connectivity index (χ2v) is 11.1. The number of aryl methyl sites for hydroxylation is 2. The van der Waals surface area contributed by atoms with Gasteiger partial charge in [0.1, 0.15) is 5.69 Å². The second kappa shape index (κ2) is 11.0. The molecule has 1 heterocycles. The van der Waals surface area contributed by atoms with Gasteiger partial charge in [0.25, 0.3) is 0 Å². The Hall–Kier alpha value is -4.20. The second-order valence-electron chi connectivity index (χ2n) is 9.19. The first-order valence-corrected chi connectivity index (χ1v) is 13.8. The largest absolute Gasteiger partial charge is 0.477 e. The van der Waals surface area contributed by atoms with Crippen LogP contribution in [-0.4, -0.2) is 28.4 Å². The molecule has 0 aliphatic heterocycles. The van der Waals surface area contributed by atoms with Crippen molar-refractivity contribution in [2.75, 3.05) is 0 Å². The Balaban J connectivity index is 1.51.